The van der Waals surface area contributed by atoms with Crippen LogP contribution < -0.4 is 11.3 Å². The lowest BCUT2D eigenvalue weighted by Gasteiger charge is -2.13. The lowest BCUT2D eigenvalue weighted by molar-refractivity contribution is 0.576. The van der Waals surface area contributed by atoms with Crippen LogP contribution in [0.5, 0.6) is 0 Å². The highest BCUT2D eigenvalue weighted by molar-refractivity contribution is 9.13. The van der Waals surface area contributed by atoms with E-state index in [-0.39, 0.29) is 6.04 Å². The first-order valence-corrected chi connectivity index (χ1v) is 6.79. The van der Waals surface area contributed by atoms with Crippen LogP contribution in [0.3, 0.4) is 0 Å². The first-order valence-electron chi connectivity index (χ1n) is 4.39. The van der Waals surface area contributed by atoms with Gasteiger partial charge in [0.25, 0.3) is 0 Å². The molecule has 0 amide bonds. The van der Waals surface area contributed by atoms with E-state index >= 15 is 0 Å². The van der Waals surface area contributed by atoms with Gasteiger partial charge in [-0.2, -0.15) is 0 Å². The summed E-state index contributed by atoms with van der Waals surface area (Å²) in [6, 6.07) is 1.92. The second-order valence-corrected chi connectivity index (χ2v) is 6.41. The average molecular weight is 367 g/mol. The van der Waals surface area contributed by atoms with E-state index in [9.17, 15) is 0 Å². The summed E-state index contributed by atoms with van der Waals surface area (Å²) >= 11 is 8.52. The van der Waals surface area contributed by atoms with Crippen LogP contribution >= 0.6 is 43.2 Å². The number of rotatable bonds is 3. The van der Waals surface area contributed by atoms with Gasteiger partial charge in [0, 0.05) is 16.4 Å². The minimum Gasteiger partial charge on any atom is -0.270 e. The van der Waals surface area contributed by atoms with Crippen molar-refractivity contribution in [3.63, 3.8) is 0 Å². The molecule has 8 heteroatoms. The Morgan fingerprint density at radius 3 is 2.75 bits per heavy atom. The van der Waals surface area contributed by atoms with Crippen LogP contribution in [0.4, 0.5) is 0 Å². The Kier molecular flexibility index (Phi) is 3.75. The second kappa shape index (κ2) is 4.92. The van der Waals surface area contributed by atoms with Gasteiger partial charge in [0.2, 0.25) is 0 Å². The summed E-state index contributed by atoms with van der Waals surface area (Å²) in [6.07, 6.45) is 1.70. The fourth-order valence-electron chi connectivity index (χ4n) is 1.38. The van der Waals surface area contributed by atoms with Crippen LogP contribution in [-0.2, 0) is 7.05 Å². The first kappa shape index (κ1) is 12.2. The Labute approximate surface area is 113 Å². The average Bonchev–Trinajstić information content (AvgIpc) is 2.78. The summed E-state index contributed by atoms with van der Waals surface area (Å²) in [7, 11) is 1.84. The molecule has 2 rings (SSSR count). The summed E-state index contributed by atoms with van der Waals surface area (Å²) in [5.41, 5.74) is 3.69. The number of aryl methyl sites for hydroxylation is 1. The molecule has 16 heavy (non-hydrogen) atoms. The minimum atomic E-state index is -0.104. The fourth-order valence-corrected chi connectivity index (χ4v) is 3.54. The summed E-state index contributed by atoms with van der Waals surface area (Å²) in [4.78, 5) is 1.09. The molecule has 0 fully saturated rings. The third-order valence-corrected chi connectivity index (χ3v) is 5.48. The van der Waals surface area contributed by atoms with Crippen molar-refractivity contribution >= 4 is 43.2 Å². The van der Waals surface area contributed by atoms with Crippen molar-refractivity contribution in [2.24, 2.45) is 12.9 Å². The van der Waals surface area contributed by atoms with Gasteiger partial charge in [-0.25, -0.2) is 5.43 Å². The molecule has 86 valence electrons. The van der Waals surface area contributed by atoms with Gasteiger partial charge in [-0.05, 0) is 37.9 Å². The molecule has 0 bridgehead atoms. The summed E-state index contributed by atoms with van der Waals surface area (Å²) in [5, 5.41) is 7.74. The Morgan fingerprint density at radius 1 is 1.56 bits per heavy atom. The van der Waals surface area contributed by atoms with Gasteiger partial charge in [0.05, 0.1) is 21.7 Å². The minimum absolute atomic E-state index is 0.104. The molecule has 2 aromatic rings. The quantitative estimate of drug-likeness (QED) is 0.643. The largest absolute Gasteiger partial charge is 0.270 e. The van der Waals surface area contributed by atoms with E-state index in [1.807, 2.05) is 13.1 Å². The van der Waals surface area contributed by atoms with Crippen LogP contribution in [0.2, 0.25) is 0 Å². The number of nitrogens with one attached hydrogen (secondary N) is 1. The van der Waals surface area contributed by atoms with Gasteiger partial charge >= 0.3 is 0 Å². The number of hydrazine groups is 1. The van der Waals surface area contributed by atoms with Crippen molar-refractivity contribution in [2.45, 2.75) is 6.04 Å². The van der Waals surface area contributed by atoms with Crippen molar-refractivity contribution in [3.05, 3.63) is 31.1 Å². The highest BCUT2D eigenvalue weighted by Crippen LogP contribution is 2.36. The molecule has 1 unspecified atom stereocenters. The molecule has 0 radical (unpaired) electrons. The molecular weight excluding hydrogens is 358 g/mol. The molecule has 0 spiro atoms. The lowest BCUT2D eigenvalue weighted by atomic mass is 10.2. The van der Waals surface area contributed by atoms with Crippen LogP contribution in [-0.4, -0.2) is 15.0 Å². The number of thiophene rings is 1. The molecule has 5 nitrogen and oxygen atoms in total. The van der Waals surface area contributed by atoms with Gasteiger partial charge < -0.3 is 0 Å². The monoisotopic (exact) mass is 365 g/mol. The zero-order valence-corrected chi connectivity index (χ0v) is 12.3. The maximum Gasteiger partial charge on any atom is 0.0987 e. The molecule has 0 aliphatic heterocycles. The van der Waals surface area contributed by atoms with E-state index in [1.54, 1.807) is 22.2 Å². The molecule has 2 aromatic heterocycles. The van der Waals surface area contributed by atoms with Gasteiger partial charge in [0.15, 0.2) is 0 Å². The molecule has 0 aromatic carbocycles. The molecule has 1 atom stereocenters. The molecule has 0 aliphatic carbocycles. The van der Waals surface area contributed by atoms with E-state index in [1.165, 1.54) is 0 Å². The zero-order valence-electron chi connectivity index (χ0n) is 8.32. The van der Waals surface area contributed by atoms with Crippen molar-refractivity contribution < 1.29 is 0 Å². The van der Waals surface area contributed by atoms with Gasteiger partial charge in [-0.15, -0.1) is 16.4 Å². The molecule has 0 saturated heterocycles. The number of nitrogens with two attached hydrogens (primary N) is 1. The maximum atomic E-state index is 5.58. The van der Waals surface area contributed by atoms with Crippen molar-refractivity contribution in [3.8, 4) is 0 Å². The smallest absolute Gasteiger partial charge is 0.0987 e. The van der Waals surface area contributed by atoms with Gasteiger partial charge in [-0.3, -0.25) is 10.5 Å². The SMILES string of the molecule is Cn1nncc1C(NN)c1cc(Br)c(Br)s1. The standard InChI is InChI=1S/C8H9Br2N5S/c1-15-5(3-12-14-15)7(13-11)6-2-4(9)8(10)16-6/h2-3,7,13H,11H2,1H3. The third kappa shape index (κ3) is 2.21. The van der Waals surface area contributed by atoms with Crippen LogP contribution in [0.25, 0.3) is 0 Å². The Hall–Kier alpha value is -0.280. The Morgan fingerprint density at radius 2 is 2.31 bits per heavy atom. The second-order valence-electron chi connectivity index (χ2n) is 3.15. The summed E-state index contributed by atoms with van der Waals surface area (Å²) in [6.45, 7) is 0. The summed E-state index contributed by atoms with van der Waals surface area (Å²) < 4.78 is 3.76. The van der Waals surface area contributed by atoms with E-state index in [0.29, 0.717) is 0 Å². The Bertz CT molecular complexity index is 475. The van der Waals surface area contributed by atoms with E-state index in [0.717, 1.165) is 18.8 Å². The number of nitrogens with zero attached hydrogens (tertiary/aromatic N) is 3. The topological polar surface area (TPSA) is 68.8 Å². The highest BCUT2D eigenvalue weighted by Gasteiger charge is 2.19. The van der Waals surface area contributed by atoms with Crippen LogP contribution in [0.15, 0.2) is 20.5 Å². The normalized spacial score (nSPS) is 13.0. The fraction of sp³-hybridized carbons (Fsp3) is 0.250. The molecule has 3 N–H and O–H groups in total. The van der Waals surface area contributed by atoms with E-state index < -0.39 is 0 Å². The van der Waals surface area contributed by atoms with Crippen LogP contribution in [0.1, 0.15) is 16.6 Å². The lowest BCUT2D eigenvalue weighted by Crippen LogP contribution is -2.29. The van der Waals surface area contributed by atoms with Gasteiger partial charge in [0.1, 0.15) is 0 Å². The van der Waals surface area contributed by atoms with Gasteiger partial charge in [-0.1, -0.05) is 5.21 Å². The highest BCUT2D eigenvalue weighted by atomic mass is 79.9. The number of halogens is 2. The van der Waals surface area contributed by atoms with Crippen molar-refractivity contribution in [2.75, 3.05) is 0 Å². The molecule has 2 heterocycles. The first-order chi connectivity index (χ1) is 7.63. The molecule has 0 aliphatic rings. The van der Waals surface area contributed by atoms with E-state index in [4.69, 9.17) is 5.84 Å². The molecule has 0 saturated carbocycles. The third-order valence-electron chi connectivity index (χ3n) is 2.16. The molecular formula is C8H9Br2N5S. The number of aromatic nitrogens is 3. The predicted octanol–water partition coefficient (Wildman–Crippen LogP) is 1.95. The van der Waals surface area contributed by atoms with Crippen molar-refractivity contribution in [1.82, 2.24) is 20.4 Å². The van der Waals surface area contributed by atoms with Crippen LogP contribution in [0, 0.1) is 0 Å². The maximum absolute atomic E-state index is 5.58. The zero-order chi connectivity index (χ0) is 11.7. The number of hydrogen-bond acceptors (Lipinski definition) is 5. The predicted molar refractivity (Wildman–Crippen MR) is 69.9 cm³/mol. The van der Waals surface area contributed by atoms with E-state index in [2.05, 4.69) is 47.6 Å². The number of hydrogen-bond donors (Lipinski definition) is 2. The summed E-state index contributed by atoms with van der Waals surface area (Å²) in [5.74, 6) is 5.58. The van der Waals surface area contributed by atoms with Crippen molar-refractivity contribution in [1.29, 1.82) is 0 Å². The Balaban J connectivity index is 2.40.